The van der Waals surface area contributed by atoms with E-state index in [9.17, 15) is 5.11 Å². The van der Waals surface area contributed by atoms with E-state index in [-0.39, 0.29) is 0 Å². The Labute approximate surface area is 78.1 Å². The van der Waals surface area contributed by atoms with Crippen molar-refractivity contribution in [1.82, 2.24) is 0 Å². The fourth-order valence-electron chi connectivity index (χ4n) is 1.07. The highest BCUT2D eigenvalue weighted by molar-refractivity contribution is 5.27. The lowest BCUT2D eigenvalue weighted by Gasteiger charge is -2.09. The van der Waals surface area contributed by atoms with Gasteiger partial charge in [0.2, 0.25) is 0 Å². The van der Waals surface area contributed by atoms with Crippen LogP contribution in [0.15, 0.2) is 18.2 Å². The van der Waals surface area contributed by atoms with Crippen molar-refractivity contribution in [3.63, 3.8) is 0 Å². The summed E-state index contributed by atoms with van der Waals surface area (Å²) >= 11 is 0. The molecule has 3 heteroatoms. The summed E-state index contributed by atoms with van der Waals surface area (Å²) in [6.45, 7) is 0.473. The Morgan fingerprint density at radius 2 is 2.38 bits per heavy atom. The van der Waals surface area contributed by atoms with Crippen molar-refractivity contribution in [2.75, 3.05) is 13.7 Å². The molecule has 13 heavy (non-hydrogen) atoms. The lowest BCUT2D eigenvalue weighted by molar-refractivity contribution is 0.170. The van der Waals surface area contributed by atoms with Crippen LogP contribution >= 0.6 is 0 Å². The van der Waals surface area contributed by atoms with Gasteiger partial charge >= 0.3 is 0 Å². The van der Waals surface area contributed by atoms with E-state index in [0.29, 0.717) is 13.0 Å². The molecule has 0 aliphatic heterocycles. The van der Waals surface area contributed by atoms with Gasteiger partial charge in [-0.3, -0.25) is 0 Å². The number of hydrogen-bond donors (Lipinski definition) is 2. The lowest BCUT2D eigenvalue weighted by Crippen LogP contribution is -2.06. The molecule has 0 bridgehead atoms. The molecule has 1 rings (SSSR count). The fourth-order valence-corrected chi connectivity index (χ4v) is 1.07. The molecule has 71 valence electrons. The van der Waals surface area contributed by atoms with Crippen molar-refractivity contribution in [3.05, 3.63) is 29.8 Å². The fraction of sp³-hybridized carbons (Fsp3) is 0.400. The molecule has 0 spiro atoms. The molecule has 1 aromatic carbocycles. The number of nitrogens with two attached hydrogens (primary N) is 1. The Bertz CT molecular complexity index is 246. The van der Waals surface area contributed by atoms with E-state index in [1.54, 1.807) is 25.3 Å². The van der Waals surface area contributed by atoms with Crippen LogP contribution < -0.4 is 10.5 Å². The molecule has 3 nitrogen and oxygen atoms in total. The van der Waals surface area contributed by atoms with Gasteiger partial charge in [0.15, 0.2) is 0 Å². The van der Waals surface area contributed by atoms with Crippen molar-refractivity contribution >= 4 is 0 Å². The zero-order valence-electron chi connectivity index (χ0n) is 7.66. The molecule has 0 saturated carbocycles. The molecule has 1 atom stereocenters. The van der Waals surface area contributed by atoms with Gasteiger partial charge in [-0.25, -0.2) is 0 Å². The van der Waals surface area contributed by atoms with Crippen molar-refractivity contribution in [2.45, 2.75) is 12.5 Å². The standard InChI is InChI=1S/C10H14NO2/c1-13-9-4-2-8(3-5-9)10(12)6-7-11/h2,4-5,10,12H,6-7,11H2,1H3. The quantitative estimate of drug-likeness (QED) is 0.723. The predicted octanol–water partition coefficient (Wildman–Crippen LogP) is 0.878. The van der Waals surface area contributed by atoms with Gasteiger partial charge in [0.25, 0.3) is 0 Å². The summed E-state index contributed by atoms with van der Waals surface area (Å²) in [6.07, 6.45) is 0.0407. The lowest BCUT2D eigenvalue weighted by atomic mass is 10.1. The Morgan fingerprint density at radius 3 is 2.85 bits per heavy atom. The molecule has 1 radical (unpaired) electrons. The molecule has 3 N–H and O–H groups in total. The summed E-state index contributed by atoms with van der Waals surface area (Å²) in [7, 11) is 1.60. The SMILES string of the molecule is COc1c[c]c(C(O)CCN)cc1. The van der Waals surface area contributed by atoms with Crippen LogP contribution in [0.4, 0.5) is 0 Å². The van der Waals surface area contributed by atoms with E-state index in [1.807, 2.05) is 0 Å². The first-order valence-corrected chi connectivity index (χ1v) is 4.21. The first kappa shape index (κ1) is 10.0. The normalized spacial score (nSPS) is 12.5. The number of hydrogen-bond acceptors (Lipinski definition) is 3. The molecule has 0 saturated heterocycles. The van der Waals surface area contributed by atoms with Gasteiger partial charge in [-0.2, -0.15) is 0 Å². The molecule has 0 heterocycles. The largest absolute Gasteiger partial charge is 0.497 e. The van der Waals surface area contributed by atoms with Crippen molar-refractivity contribution in [2.24, 2.45) is 5.73 Å². The predicted molar refractivity (Wildman–Crippen MR) is 50.5 cm³/mol. The number of aliphatic hydroxyl groups is 1. The van der Waals surface area contributed by atoms with Gasteiger partial charge in [-0.05, 0) is 36.7 Å². The maximum atomic E-state index is 9.53. The summed E-state index contributed by atoms with van der Waals surface area (Å²) in [5.74, 6) is 0.740. The van der Waals surface area contributed by atoms with Crippen LogP contribution in [0.2, 0.25) is 0 Å². The second-order valence-corrected chi connectivity index (χ2v) is 2.78. The molecule has 0 aliphatic rings. The minimum absolute atomic E-state index is 0.473. The van der Waals surface area contributed by atoms with E-state index in [2.05, 4.69) is 6.07 Å². The first-order valence-electron chi connectivity index (χ1n) is 4.21. The van der Waals surface area contributed by atoms with Crippen LogP contribution in [0.1, 0.15) is 18.1 Å². The molecule has 0 amide bonds. The third-order valence-corrected chi connectivity index (χ3v) is 1.84. The smallest absolute Gasteiger partial charge is 0.119 e. The summed E-state index contributed by atoms with van der Waals surface area (Å²) in [5.41, 5.74) is 6.08. The molecule has 0 fully saturated rings. The average Bonchev–Trinajstić information content (AvgIpc) is 2.18. The maximum Gasteiger partial charge on any atom is 0.119 e. The molecular weight excluding hydrogens is 166 g/mol. The summed E-state index contributed by atoms with van der Waals surface area (Å²) in [4.78, 5) is 0. The molecule has 0 aliphatic carbocycles. The van der Waals surface area contributed by atoms with Crippen LogP contribution in [0, 0.1) is 6.07 Å². The van der Waals surface area contributed by atoms with Crippen molar-refractivity contribution in [3.8, 4) is 5.75 Å². The highest BCUT2D eigenvalue weighted by Crippen LogP contribution is 2.18. The van der Waals surface area contributed by atoms with Crippen molar-refractivity contribution < 1.29 is 9.84 Å². The first-order chi connectivity index (χ1) is 6.27. The van der Waals surface area contributed by atoms with Gasteiger partial charge in [-0.15, -0.1) is 0 Å². The van der Waals surface area contributed by atoms with E-state index in [0.717, 1.165) is 11.3 Å². The molecule has 1 aromatic rings. The highest BCUT2D eigenvalue weighted by Gasteiger charge is 2.05. The van der Waals surface area contributed by atoms with Crippen molar-refractivity contribution in [1.29, 1.82) is 0 Å². The van der Waals surface area contributed by atoms with Gasteiger partial charge < -0.3 is 15.6 Å². The number of methoxy groups -OCH3 is 1. The number of benzene rings is 1. The van der Waals surface area contributed by atoms with Gasteiger partial charge in [-0.1, -0.05) is 6.07 Å². The van der Waals surface area contributed by atoms with Crippen LogP contribution in [-0.2, 0) is 0 Å². The molecule has 1 unspecified atom stereocenters. The number of aliphatic hydroxyl groups excluding tert-OH is 1. The summed E-state index contributed by atoms with van der Waals surface area (Å²) in [6, 6.07) is 8.23. The van der Waals surface area contributed by atoms with Crippen LogP contribution in [0.25, 0.3) is 0 Å². The van der Waals surface area contributed by atoms with E-state index >= 15 is 0 Å². The molecule has 0 aromatic heterocycles. The Hall–Kier alpha value is -1.06. The summed E-state index contributed by atoms with van der Waals surface area (Å²) < 4.78 is 4.97. The van der Waals surface area contributed by atoms with E-state index in [1.165, 1.54) is 0 Å². The minimum atomic E-state index is -0.518. The van der Waals surface area contributed by atoms with Crippen LogP contribution in [-0.4, -0.2) is 18.8 Å². The zero-order chi connectivity index (χ0) is 9.68. The third kappa shape index (κ3) is 2.72. The monoisotopic (exact) mass is 180 g/mol. The zero-order valence-corrected chi connectivity index (χ0v) is 7.66. The minimum Gasteiger partial charge on any atom is -0.497 e. The Kier molecular flexibility index (Phi) is 3.73. The van der Waals surface area contributed by atoms with Gasteiger partial charge in [0, 0.05) is 0 Å². The van der Waals surface area contributed by atoms with E-state index < -0.39 is 6.10 Å². The van der Waals surface area contributed by atoms with Gasteiger partial charge in [0.05, 0.1) is 13.2 Å². The Balaban J connectivity index is 2.67. The van der Waals surface area contributed by atoms with Crippen LogP contribution in [0.5, 0.6) is 5.75 Å². The average molecular weight is 180 g/mol. The second kappa shape index (κ2) is 4.84. The summed E-state index contributed by atoms with van der Waals surface area (Å²) in [5, 5.41) is 9.53. The maximum absolute atomic E-state index is 9.53. The highest BCUT2D eigenvalue weighted by atomic mass is 16.5. The topological polar surface area (TPSA) is 55.5 Å². The third-order valence-electron chi connectivity index (χ3n) is 1.84. The second-order valence-electron chi connectivity index (χ2n) is 2.78. The number of ether oxygens (including phenoxy) is 1. The van der Waals surface area contributed by atoms with Gasteiger partial charge in [0.1, 0.15) is 5.75 Å². The Morgan fingerprint density at radius 1 is 1.62 bits per heavy atom. The van der Waals surface area contributed by atoms with Crippen LogP contribution in [0.3, 0.4) is 0 Å². The molecular formula is C10H14NO2. The van der Waals surface area contributed by atoms with E-state index in [4.69, 9.17) is 10.5 Å². The number of rotatable bonds is 4.